The summed E-state index contributed by atoms with van der Waals surface area (Å²) in [5.74, 6) is -0.0872. The first-order valence-corrected chi connectivity index (χ1v) is 7.12. The molecule has 2 atom stereocenters. The van der Waals surface area contributed by atoms with Gasteiger partial charge >= 0.3 is 0 Å². The Labute approximate surface area is 114 Å². The molecule has 0 radical (unpaired) electrons. The lowest BCUT2D eigenvalue weighted by Gasteiger charge is -2.27. The molecule has 0 unspecified atom stereocenters. The average Bonchev–Trinajstić information content (AvgIpc) is 2.70. The molecule has 0 aromatic rings. The molecule has 1 aliphatic heterocycles. The van der Waals surface area contributed by atoms with Crippen molar-refractivity contribution in [1.29, 1.82) is 0 Å². The van der Waals surface area contributed by atoms with Crippen LogP contribution in [0.3, 0.4) is 0 Å². The van der Waals surface area contributed by atoms with Crippen molar-refractivity contribution in [3.63, 3.8) is 0 Å². The lowest BCUT2D eigenvalue weighted by Crippen LogP contribution is -2.37. The maximum atomic E-state index is 13.5. The van der Waals surface area contributed by atoms with Gasteiger partial charge in [0.2, 0.25) is 5.91 Å². The summed E-state index contributed by atoms with van der Waals surface area (Å²) in [5.41, 5.74) is 0. The lowest BCUT2D eigenvalue weighted by atomic mass is 9.87. The fraction of sp³-hybridized carbons (Fsp3) is 0.909. The molecule has 0 spiro atoms. The first kappa shape index (κ1) is 13.5. The minimum atomic E-state index is -0.992. The monoisotopic (exact) mass is 358 g/mol. The molecular weight excluding hydrogens is 341 g/mol. The van der Waals surface area contributed by atoms with Crippen molar-refractivity contribution in [1.82, 2.24) is 8.43 Å². The molecule has 6 heteroatoms. The molecule has 1 N–H and O–H groups in total. The van der Waals surface area contributed by atoms with E-state index >= 15 is 0 Å². The smallest absolute Gasteiger partial charge is 0.225 e. The average molecular weight is 358 g/mol. The van der Waals surface area contributed by atoms with Crippen molar-refractivity contribution in [2.75, 3.05) is 13.1 Å². The van der Waals surface area contributed by atoms with E-state index in [0.29, 0.717) is 32.2 Å². The van der Waals surface area contributed by atoms with Gasteiger partial charge in [0, 0.05) is 35.3 Å². The Morgan fingerprint density at radius 2 is 1.82 bits per heavy atom. The van der Waals surface area contributed by atoms with Crippen LogP contribution in [0, 0.1) is 5.92 Å². The number of alkyl halides is 2. The summed E-state index contributed by atoms with van der Waals surface area (Å²) in [7, 11) is 0. The molecule has 1 amide bonds. The summed E-state index contributed by atoms with van der Waals surface area (Å²) in [4.78, 5) is 13.7. The van der Waals surface area contributed by atoms with Crippen molar-refractivity contribution in [3.05, 3.63) is 0 Å². The van der Waals surface area contributed by atoms with E-state index in [1.54, 1.807) is 4.90 Å². The Balaban J connectivity index is 1.88. The fourth-order valence-electron chi connectivity index (χ4n) is 2.60. The van der Waals surface area contributed by atoms with E-state index in [-0.39, 0.29) is 24.4 Å². The molecule has 1 saturated heterocycles. The Morgan fingerprint density at radius 1 is 1.18 bits per heavy atom. The van der Waals surface area contributed by atoms with Crippen molar-refractivity contribution in [2.24, 2.45) is 5.92 Å². The van der Waals surface area contributed by atoms with E-state index in [0.717, 1.165) is 0 Å². The van der Waals surface area contributed by atoms with Gasteiger partial charge in [-0.15, -0.1) is 0 Å². The molecule has 0 bridgehead atoms. The third-order valence-electron chi connectivity index (χ3n) is 3.71. The van der Waals surface area contributed by atoms with Crippen LogP contribution in [0.25, 0.3) is 0 Å². The van der Waals surface area contributed by atoms with Crippen LogP contribution in [0.4, 0.5) is 8.78 Å². The topological polar surface area (TPSA) is 32.3 Å². The number of likely N-dealkylation sites (tertiary alicyclic amines) is 1. The molecule has 2 rings (SSSR count). The Kier molecular flexibility index (Phi) is 4.57. The first-order chi connectivity index (χ1) is 8.11. The van der Waals surface area contributed by atoms with Gasteiger partial charge in [0.05, 0.1) is 12.6 Å². The number of carbonyl (C=O) groups excluding carboxylic acids is 1. The second-order valence-electron chi connectivity index (χ2n) is 4.92. The molecule has 98 valence electrons. The number of amides is 1. The van der Waals surface area contributed by atoms with Crippen molar-refractivity contribution < 1.29 is 13.6 Å². The summed E-state index contributed by atoms with van der Waals surface area (Å²) in [5, 5.41) is 0. The van der Waals surface area contributed by atoms with Crippen molar-refractivity contribution >= 4 is 28.8 Å². The van der Waals surface area contributed by atoms with Crippen LogP contribution >= 0.6 is 22.9 Å². The molecule has 3 nitrogen and oxygen atoms in total. The van der Waals surface area contributed by atoms with Crippen LogP contribution in [-0.2, 0) is 4.79 Å². The van der Waals surface area contributed by atoms with Crippen molar-refractivity contribution in [3.8, 4) is 0 Å². The van der Waals surface area contributed by atoms with E-state index in [2.05, 4.69) is 3.53 Å². The quantitative estimate of drug-likeness (QED) is 0.605. The van der Waals surface area contributed by atoms with E-state index in [1.165, 1.54) is 0 Å². The summed E-state index contributed by atoms with van der Waals surface area (Å²) in [6.07, 6.45) is 0.406. The highest BCUT2D eigenvalue weighted by Gasteiger charge is 2.38. The second-order valence-corrected chi connectivity index (χ2v) is 5.55. The number of rotatable bonds is 2. The highest BCUT2D eigenvalue weighted by atomic mass is 127. The van der Waals surface area contributed by atoms with Gasteiger partial charge in [-0.25, -0.2) is 8.78 Å². The maximum Gasteiger partial charge on any atom is 0.225 e. The largest absolute Gasteiger partial charge is 0.338 e. The number of halogens is 3. The van der Waals surface area contributed by atoms with Crippen LogP contribution in [0.5, 0.6) is 0 Å². The van der Waals surface area contributed by atoms with Gasteiger partial charge in [0.15, 0.2) is 0 Å². The number of nitrogens with zero attached hydrogens (tertiary/aromatic N) is 1. The standard InChI is InChI=1S/C11H17F2IN2O/c12-8-3-1-7(2-4-8)11(17)16-5-9(13)10(6-16)15-14/h7-10,15H,1-6H2/t7?,8?,9-,10+/m0/s1. The molecule has 17 heavy (non-hydrogen) atoms. The third kappa shape index (κ3) is 3.07. The summed E-state index contributed by atoms with van der Waals surface area (Å²) in [6.45, 7) is 0.605. The van der Waals surface area contributed by atoms with Gasteiger partial charge < -0.3 is 4.90 Å². The minimum absolute atomic E-state index is 0.00806. The van der Waals surface area contributed by atoms with Crippen LogP contribution in [0.1, 0.15) is 25.7 Å². The van der Waals surface area contributed by atoms with E-state index in [1.807, 2.05) is 22.9 Å². The van der Waals surface area contributed by atoms with Crippen LogP contribution < -0.4 is 3.53 Å². The maximum absolute atomic E-state index is 13.5. The Hall–Kier alpha value is 0.0200. The van der Waals surface area contributed by atoms with Gasteiger partial charge in [0.25, 0.3) is 0 Å². The molecular formula is C11H17F2IN2O. The zero-order valence-electron chi connectivity index (χ0n) is 9.54. The van der Waals surface area contributed by atoms with Gasteiger partial charge in [0.1, 0.15) is 12.3 Å². The Bertz CT molecular complexity index is 285. The predicted molar refractivity (Wildman–Crippen MR) is 69.3 cm³/mol. The molecule has 0 aromatic heterocycles. The summed E-state index contributed by atoms with van der Waals surface area (Å²) in [6, 6.07) is -0.267. The SMILES string of the molecule is O=C(C1CCC(F)CC1)N1C[C@H](F)[C@H](NI)C1. The van der Waals surface area contributed by atoms with E-state index < -0.39 is 12.3 Å². The predicted octanol–water partition coefficient (Wildman–Crippen LogP) is 2.00. The first-order valence-electron chi connectivity index (χ1n) is 6.05. The van der Waals surface area contributed by atoms with Gasteiger partial charge in [-0.1, -0.05) is 0 Å². The molecule has 1 saturated carbocycles. The number of hydrogen-bond donors (Lipinski definition) is 1. The Morgan fingerprint density at radius 3 is 2.35 bits per heavy atom. The number of carbonyl (C=O) groups is 1. The summed E-state index contributed by atoms with van der Waals surface area (Å²) < 4.78 is 29.3. The molecule has 2 fully saturated rings. The van der Waals surface area contributed by atoms with Gasteiger partial charge in [-0.2, -0.15) is 0 Å². The molecule has 0 aromatic carbocycles. The number of hydrogen-bond acceptors (Lipinski definition) is 2. The van der Waals surface area contributed by atoms with Crippen LogP contribution in [0.15, 0.2) is 0 Å². The van der Waals surface area contributed by atoms with Crippen LogP contribution in [0.2, 0.25) is 0 Å². The lowest BCUT2D eigenvalue weighted by molar-refractivity contribution is -0.136. The third-order valence-corrected chi connectivity index (χ3v) is 4.51. The molecule has 1 heterocycles. The van der Waals surface area contributed by atoms with E-state index in [4.69, 9.17) is 0 Å². The normalized spacial score (nSPS) is 38.4. The molecule has 2 aliphatic rings. The second kappa shape index (κ2) is 5.77. The number of nitrogens with one attached hydrogen (secondary N) is 1. The highest BCUT2D eigenvalue weighted by molar-refractivity contribution is 14.1. The van der Waals surface area contributed by atoms with Crippen LogP contribution in [-0.4, -0.2) is 42.3 Å². The highest BCUT2D eigenvalue weighted by Crippen LogP contribution is 2.29. The van der Waals surface area contributed by atoms with Crippen molar-refractivity contribution in [2.45, 2.75) is 44.1 Å². The zero-order chi connectivity index (χ0) is 12.4. The minimum Gasteiger partial charge on any atom is -0.338 e. The zero-order valence-corrected chi connectivity index (χ0v) is 11.7. The van der Waals surface area contributed by atoms with Gasteiger partial charge in [-0.05, 0) is 25.7 Å². The fourth-order valence-corrected chi connectivity index (χ4v) is 3.19. The van der Waals surface area contributed by atoms with Gasteiger partial charge in [-0.3, -0.25) is 8.32 Å². The van der Waals surface area contributed by atoms with E-state index in [9.17, 15) is 13.6 Å². The molecule has 1 aliphatic carbocycles. The summed E-state index contributed by atoms with van der Waals surface area (Å²) >= 11 is 1.92.